The lowest BCUT2D eigenvalue weighted by Crippen LogP contribution is -2.37. The van der Waals surface area contributed by atoms with Crippen molar-refractivity contribution < 1.29 is 4.79 Å². The van der Waals surface area contributed by atoms with Gasteiger partial charge in [0.1, 0.15) is 5.78 Å². The molecule has 1 fully saturated rings. The molecule has 1 rings (SSSR count). The van der Waals surface area contributed by atoms with Crippen molar-refractivity contribution in [3.8, 4) is 0 Å². The first-order chi connectivity index (χ1) is 4.83. The minimum atomic E-state index is 0. The predicted octanol–water partition coefficient (Wildman–Crippen LogP) is 1.53. The SMILES string of the molecule is CCCC1CC(=O)CCN1.Cl. The number of rotatable bonds is 2. The molecule has 1 saturated heterocycles. The zero-order valence-electron chi connectivity index (χ0n) is 6.93. The van der Waals surface area contributed by atoms with Crippen LogP contribution < -0.4 is 5.32 Å². The molecular weight excluding hydrogens is 162 g/mol. The molecule has 3 heteroatoms. The van der Waals surface area contributed by atoms with Crippen LogP contribution in [0.5, 0.6) is 0 Å². The van der Waals surface area contributed by atoms with Crippen LogP contribution in [0, 0.1) is 0 Å². The molecule has 2 nitrogen and oxygen atoms in total. The van der Waals surface area contributed by atoms with Crippen LogP contribution in [0.25, 0.3) is 0 Å². The Bertz CT molecular complexity index is 125. The van der Waals surface area contributed by atoms with Crippen LogP contribution in [0.2, 0.25) is 0 Å². The largest absolute Gasteiger partial charge is 0.313 e. The molecule has 0 amide bonds. The number of ketones is 1. The lowest BCUT2D eigenvalue weighted by Gasteiger charge is -2.21. The van der Waals surface area contributed by atoms with Gasteiger partial charge in [-0.25, -0.2) is 0 Å². The maximum Gasteiger partial charge on any atom is 0.135 e. The Balaban J connectivity index is 0.000001000. The number of carbonyl (C=O) groups excluding carboxylic acids is 1. The summed E-state index contributed by atoms with van der Waals surface area (Å²) in [5.41, 5.74) is 0. The minimum Gasteiger partial charge on any atom is -0.313 e. The predicted molar refractivity (Wildman–Crippen MR) is 48.2 cm³/mol. The van der Waals surface area contributed by atoms with E-state index in [4.69, 9.17) is 0 Å². The van der Waals surface area contributed by atoms with Gasteiger partial charge in [0.05, 0.1) is 0 Å². The van der Waals surface area contributed by atoms with Crippen molar-refractivity contribution in [2.75, 3.05) is 6.54 Å². The molecule has 0 radical (unpaired) electrons. The maximum absolute atomic E-state index is 10.9. The van der Waals surface area contributed by atoms with E-state index in [0.29, 0.717) is 11.8 Å². The van der Waals surface area contributed by atoms with Gasteiger partial charge < -0.3 is 5.32 Å². The zero-order chi connectivity index (χ0) is 7.40. The first-order valence-electron chi connectivity index (χ1n) is 4.08. The van der Waals surface area contributed by atoms with Gasteiger partial charge in [-0.15, -0.1) is 12.4 Å². The highest BCUT2D eigenvalue weighted by Gasteiger charge is 2.16. The summed E-state index contributed by atoms with van der Waals surface area (Å²) in [4.78, 5) is 10.9. The van der Waals surface area contributed by atoms with Gasteiger partial charge in [0.2, 0.25) is 0 Å². The highest BCUT2D eigenvalue weighted by atomic mass is 35.5. The average molecular weight is 178 g/mol. The topological polar surface area (TPSA) is 29.1 Å². The second kappa shape index (κ2) is 5.56. The fourth-order valence-electron chi connectivity index (χ4n) is 1.42. The Morgan fingerprint density at radius 2 is 2.36 bits per heavy atom. The number of piperidine rings is 1. The number of hydrogen-bond donors (Lipinski definition) is 1. The lowest BCUT2D eigenvalue weighted by molar-refractivity contribution is -0.120. The summed E-state index contributed by atoms with van der Waals surface area (Å²) in [6.45, 7) is 3.05. The minimum absolute atomic E-state index is 0. The first-order valence-corrected chi connectivity index (χ1v) is 4.08. The Morgan fingerprint density at radius 3 is 2.91 bits per heavy atom. The second-order valence-electron chi connectivity index (χ2n) is 2.93. The summed E-state index contributed by atoms with van der Waals surface area (Å²) in [5.74, 6) is 0.428. The average Bonchev–Trinajstić information content (AvgIpc) is 1.88. The molecule has 0 spiro atoms. The van der Waals surface area contributed by atoms with Crippen molar-refractivity contribution in [1.29, 1.82) is 0 Å². The molecule has 1 heterocycles. The molecule has 0 aromatic heterocycles. The van der Waals surface area contributed by atoms with Crippen LogP contribution in [0.1, 0.15) is 32.6 Å². The molecule has 11 heavy (non-hydrogen) atoms. The van der Waals surface area contributed by atoms with Gasteiger partial charge in [-0.1, -0.05) is 13.3 Å². The van der Waals surface area contributed by atoms with Crippen LogP contribution in [-0.4, -0.2) is 18.4 Å². The Hall–Kier alpha value is -0.0800. The first kappa shape index (κ1) is 10.9. The number of hydrogen-bond acceptors (Lipinski definition) is 2. The van der Waals surface area contributed by atoms with Crippen molar-refractivity contribution in [2.45, 2.75) is 38.6 Å². The van der Waals surface area contributed by atoms with E-state index < -0.39 is 0 Å². The summed E-state index contributed by atoms with van der Waals surface area (Å²) in [6, 6.07) is 0.478. The maximum atomic E-state index is 10.9. The normalized spacial score (nSPS) is 24.5. The van der Waals surface area contributed by atoms with Crippen molar-refractivity contribution in [3.05, 3.63) is 0 Å². The van der Waals surface area contributed by atoms with E-state index in [1.165, 1.54) is 6.42 Å². The molecule has 0 aliphatic carbocycles. The van der Waals surface area contributed by atoms with Crippen LogP contribution in [-0.2, 0) is 4.79 Å². The fraction of sp³-hybridized carbons (Fsp3) is 0.875. The molecule has 0 aromatic carbocycles. The zero-order valence-corrected chi connectivity index (χ0v) is 7.75. The number of Topliss-reactive ketones (excluding diaryl/α,β-unsaturated/α-hetero) is 1. The van der Waals surface area contributed by atoms with Crippen LogP contribution in [0.15, 0.2) is 0 Å². The Kier molecular flexibility index (Phi) is 5.51. The van der Waals surface area contributed by atoms with Gasteiger partial charge >= 0.3 is 0 Å². The molecule has 0 bridgehead atoms. The number of halogens is 1. The molecule has 1 aliphatic rings. The fourth-order valence-corrected chi connectivity index (χ4v) is 1.42. The van der Waals surface area contributed by atoms with Crippen LogP contribution in [0.3, 0.4) is 0 Å². The Labute approximate surface area is 74.2 Å². The summed E-state index contributed by atoms with van der Waals surface area (Å²) >= 11 is 0. The Morgan fingerprint density at radius 1 is 1.64 bits per heavy atom. The van der Waals surface area contributed by atoms with E-state index in [2.05, 4.69) is 12.2 Å². The van der Waals surface area contributed by atoms with Gasteiger partial charge in [0.15, 0.2) is 0 Å². The third-order valence-corrected chi connectivity index (χ3v) is 1.95. The van der Waals surface area contributed by atoms with E-state index in [9.17, 15) is 4.79 Å². The quantitative estimate of drug-likeness (QED) is 0.693. The standard InChI is InChI=1S/C8H15NO.ClH/c1-2-3-7-6-8(10)4-5-9-7;/h7,9H,2-6H2,1H3;1H. The van der Waals surface area contributed by atoms with E-state index in [-0.39, 0.29) is 12.4 Å². The summed E-state index contributed by atoms with van der Waals surface area (Å²) in [5, 5.41) is 3.33. The molecule has 0 saturated carbocycles. The van der Waals surface area contributed by atoms with Gasteiger partial charge in [0.25, 0.3) is 0 Å². The smallest absolute Gasteiger partial charge is 0.135 e. The van der Waals surface area contributed by atoms with Crippen molar-refractivity contribution in [2.24, 2.45) is 0 Å². The van der Waals surface area contributed by atoms with Crippen molar-refractivity contribution in [1.82, 2.24) is 5.32 Å². The van der Waals surface area contributed by atoms with E-state index in [1.807, 2.05) is 0 Å². The van der Waals surface area contributed by atoms with Gasteiger partial charge in [-0.3, -0.25) is 4.79 Å². The molecule has 1 atom stereocenters. The summed E-state index contributed by atoms with van der Waals surface area (Å²) in [6.07, 6.45) is 3.81. The highest BCUT2D eigenvalue weighted by Crippen LogP contribution is 2.08. The lowest BCUT2D eigenvalue weighted by atomic mass is 10.00. The summed E-state index contributed by atoms with van der Waals surface area (Å²) < 4.78 is 0. The number of carbonyl (C=O) groups is 1. The monoisotopic (exact) mass is 177 g/mol. The molecule has 0 aromatic rings. The molecular formula is C8H16ClNO. The van der Waals surface area contributed by atoms with Crippen LogP contribution in [0.4, 0.5) is 0 Å². The van der Waals surface area contributed by atoms with E-state index in [1.54, 1.807) is 0 Å². The van der Waals surface area contributed by atoms with E-state index in [0.717, 1.165) is 25.8 Å². The molecule has 1 aliphatic heterocycles. The highest BCUT2D eigenvalue weighted by molar-refractivity contribution is 5.85. The second-order valence-corrected chi connectivity index (χ2v) is 2.93. The van der Waals surface area contributed by atoms with E-state index >= 15 is 0 Å². The van der Waals surface area contributed by atoms with Crippen LogP contribution >= 0.6 is 12.4 Å². The van der Waals surface area contributed by atoms with Gasteiger partial charge in [-0.05, 0) is 6.42 Å². The molecule has 1 N–H and O–H groups in total. The van der Waals surface area contributed by atoms with Gasteiger partial charge in [0, 0.05) is 25.4 Å². The third kappa shape index (κ3) is 3.73. The summed E-state index contributed by atoms with van der Waals surface area (Å²) in [7, 11) is 0. The van der Waals surface area contributed by atoms with Gasteiger partial charge in [-0.2, -0.15) is 0 Å². The van der Waals surface area contributed by atoms with Crippen molar-refractivity contribution >= 4 is 18.2 Å². The number of nitrogens with one attached hydrogen (secondary N) is 1. The third-order valence-electron chi connectivity index (χ3n) is 1.95. The molecule has 66 valence electrons. The van der Waals surface area contributed by atoms with Crippen molar-refractivity contribution in [3.63, 3.8) is 0 Å². The molecule has 1 unspecified atom stereocenters.